The molecular weight excluding hydrogens is 469 g/mol. The van der Waals surface area contributed by atoms with Gasteiger partial charge < -0.3 is 20.1 Å². The number of carbonyl (C=O) groups is 2. The molecule has 0 unspecified atom stereocenters. The van der Waals surface area contributed by atoms with Crippen molar-refractivity contribution in [3.05, 3.63) is 82.2 Å². The first-order valence-corrected chi connectivity index (χ1v) is 10.0. The molecule has 0 fully saturated rings. The van der Waals surface area contributed by atoms with Crippen LogP contribution in [-0.2, 0) is 11.3 Å². The molecule has 2 N–H and O–H groups in total. The Bertz CT molecular complexity index is 1080. The van der Waals surface area contributed by atoms with Gasteiger partial charge >= 0.3 is 0 Å². The zero-order valence-corrected chi connectivity index (χ0v) is 18.1. The van der Waals surface area contributed by atoms with Crippen molar-refractivity contribution >= 4 is 27.7 Å². The normalized spacial score (nSPS) is 10.3. The number of rotatable bonds is 8. The summed E-state index contributed by atoms with van der Waals surface area (Å²) in [6, 6.07) is 14.3. The van der Waals surface area contributed by atoms with E-state index in [0.717, 1.165) is 11.3 Å². The van der Waals surface area contributed by atoms with Crippen molar-refractivity contribution < 1.29 is 23.5 Å². The Balaban J connectivity index is 1.57. The molecule has 0 spiro atoms. The second kappa shape index (κ2) is 10.5. The molecule has 0 aliphatic carbocycles. The van der Waals surface area contributed by atoms with Gasteiger partial charge in [-0.3, -0.25) is 9.59 Å². The maximum Gasteiger partial charge on any atom is 0.257 e. The van der Waals surface area contributed by atoms with Crippen LogP contribution in [0, 0.1) is 5.82 Å². The average molecular weight is 488 g/mol. The molecule has 2 amide bonds. The molecule has 0 atom stereocenters. The summed E-state index contributed by atoms with van der Waals surface area (Å²) < 4.78 is 24.4. The van der Waals surface area contributed by atoms with Gasteiger partial charge in [-0.25, -0.2) is 9.37 Å². The largest absolute Gasteiger partial charge is 0.497 e. The molecule has 2 aromatic carbocycles. The number of aromatic nitrogens is 1. The number of nitrogens with zero attached hydrogens (tertiary/aromatic N) is 1. The fourth-order valence-corrected chi connectivity index (χ4v) is 3.00. The van der Waals surface area contributed by atoms with Crippen LogP contribution in [-0.4, -0.2) is 30.5 Å². The van der Waals surface area contributed by atoms with Gasteiger partial charge in [-0.1, -0.05) is 12.1 Å². The van der Waals surface area contributed by atoms with Gasteiger partial charge in [0.05, 0.1) is 18.1 Å². The minimum Gasteiger partial charge on any atom is -0.497 e. The molecule has 0 saturated carbocycles. The van der Waals surface area contributed by atoms with Crippen molar-refractivity contribution in [1.82, 2.24) is 15.6 Å². The van der Waals surface area contributed by atoms with E-state index in [-0.39, 0.29) is 23.9 Å². The first kappa shape index (κ1) is 22.2. The highest BCUT2D eigenvalue weighted by atomic mass is 79.9. The van der Waals surface area contributed by atoms with Crippen LogP contribution in [0.1, 0.15) is 15.9 Å². The van der Waals surface area contributed by atoms with Crippen LogP contribution in [0.2, 0.25) is 0 Å². The van der Waals surface area contributed by atoms with Crippen molar-refractivity contribution in [2.75, 3.05) is 13.7 Å². The predicted octanol–water partition coefficient (Wildman–Crippen LogP) is 3.83. The second-order valence-corrected chi connectivity index (χ2v) is 7.19. The molecule has 7 nitrogen and oxygen atoms in total. The third kappa shape index (κ3) is 6.26. The van der Waals surface area contributed by atoms with Gasteiger partial charge in [0.15, 0.2) is 0 Å². The number of methoxy groups -OCH3 is 1. The molecule has 9 heteroatoms. The summed E-state index contributed by atoms with van der Waals surface area (Å²) in [6.07, 6.45) is 1.46. The number of nitrogens with one attached hydrogen (secondary N) is 2. The van der Waals surface area contributed by atoms with Gasteiger partial charge in [-0.15, -0.1) is 0 Å². The quantitative estimate of drug-likeness (QED) is 0.503. The number of hydrogen-bond donors (Lipinski definition) is 2. The molecule has 3 rings (SSSR count). The highest BCUT2D eigenvalue weighted by molar-refractivity contribution is 9.10. The molecule has 0 aliphatic heterocycles. The molecule has 3 aromatic rings. The highest BCUT2D eigenvalue weighted by Crippen LogP contribution is 2.30. The summed E-state index contributed by atoms with van der Waals surface area (Å²) in [6.45, 7) is 0.0993. The van der Waals surface area contributed by atoms with Crippen molar-refractivity contribution in [1.29, 1.82) is 0 Å². The van der Waals surface area contributed by atoms with Crippen LogP contribution in [0.5, 0.6) is 17.4 Å². The summed E-state index contributed by atoms with van der Waals surface area (Å²) >= 11 is 3.21. The number of halogens is 2. The number of hydrogen-bond acceptors (Lipinski definition) is 5. The van der Waals surface area contributed by atoms with Crippen LogP contribution < -0.4 is 20.1 Å². The Kier molecular flexibility index (Phi) is 7.55. The summed E-state index contributed by atoms with van der Waals surface area (Å²) in [5.41, 5.74) is 1.04. The second-order valence-electron chi connectivity index (χ2n) is 6.34. The molecule has 0 saturated heterocycles. The van der Waals surface area contributed by atoms with E-state index in [9.17, 15) is 14.0 Å². The molecule has 160 valence electrons. The van der Waals surface area contributed by atoms with Crippen molar-refractivity contribution in [3.8, 4) is 17.4 Å². The number of pyridine rings is 1. The topological polar surface area (TPSA) is 89.6 Å². The van der Waals surface area contributed by atoms with E-state index >= 15 is 0 Å². The number of benzene rings is 2. The smallest absolute Gasteiger partial charge is 0.257 e. The molecule has 31 heavy (non-hydrogen) atoms. The zero-order valence-electron chi connectivity index (χ0n) is 16.5. The maximum atomic E-state index is 13.3. The van der Waals surface area contributed by atoms with Gasteiger partial charge in [0, 0.05) is 12.7 Å². The van der Waals surface area contributed by atoms with E-state index in [1.165, 1.54) is 30.5 Å². The molecule has 0 bridgehead atoms. The zero-order chi connectivity index (χ0) is 22.2. The van der Waals surface area contributed by atoms with E-state index in [2.05, 4.69) is 31.5 Å². The molecule has 0 aliphatic rings. The van der Waals surface area contributed by atoms with Gasteiger partial charge in [-0.2, -0.15) is 0 Å². The van der Waals surface area contributed by atoms with E-state index in [4.69, 9.17) is 9.47 Å². The van der Waals surface area contributed by atoms with E-state index in [1.807, 2.05) is 12.1 Å². The first-order valence-electron chi connectivity index (χ1n) is 9.22. The maximum absolute atomic E-state index is 13.3. The van der Waals surface area contributed by atoms with Crippen LogP contribution in [0.25, 0.3) is 0 Å². The lowest BCUT2D eigenvalue weighted by atomic mass is 10.2. The molecule has 1 heterocycles. The molecule has 0 radical (unpaired) electrons. The Labute approximate surface area is 186 Å². The minimum atomic E-state index is -0.527. The first-order chi connectivity index (χ1) is 15.0. The van der Waals surface area contributed by atoms with Crippen molar-refractivity contribution in [2.24, 2.45) is 0 Å². The molecular formula is C22H19BrFN3O4. The van der Waals surface area contributed by atoms with E-state index in [0.29, 0.717) is 16.8 Å². The van der Waals surface area contributed by atoms with Gasteiger partial charge in [0.25, 0.3) is 5.91 Å². The summed E-state index contributed by atoms with van der Waals surface area (Å²) in [7, 11) is 1.58. The van der Waals surface area contributed by atoms with E-state index in [1.54, 1.807) is 25.3 Å². The van der Waals surface area contributed by atoms with Crippen LogP contribution in [0.3, 0.4) is 0 Å². The number of carbonyl (C=O) groups excluding carboxylic acids is 2. The molecule has 1 aromatic heterocycles. The number of ether oxygens (including phenoxy) is 2. The summed E-state index contributed by atoms with van der Waals surface area (Å²) in [4.78, 5) is 28.7. The predicted molar refractivity (Wildman–Crippen MR) is 116 cm³/mol. The summed E-state index contributed by atoms with van der Waals surface area (Å²) in [5, 5.41) is 5.27. The van der Waals surface area contributed by atoms with Crippen LogP contribution in [0.4, 0.5) is 4.39 Å². The monoisotopic (exact) mass is 487 g/mol. The SMILES string of the molecule is COc1ccc(CNC(=O)CNC(=O)c2cccnc2Oc2ccc(F)cc2Br)cc1. The highest BCUT2D eigenvalue weighted by Gasteiger charge is 2.16. The Morgan fingerprint density at radius 2 is 1.87 bits per heavy atom. The third-order valence-corrected chi connectivity index (χ3v) is 4.79. The van der Waals surface area contributed by atoms with Crippen molar-refractivity contribution in [2.45, 2.75) is 6.54 Å². The lowest BCUT2D eigenvalue weighted by molar-refractivity contribution is -0.120. The van der Waals surface area contributed by atoms with E-state index < -0.39 is 11.7 Å². The Morgan fingerprint density at radius 3 is 2.58 bits per heavy atom. The van der Waals surface area contributed by atoms with Crippen LogP contribution in [0.15, 0.2) is 65.3 Å². The number of amides is 2. The Hall–Kier alpha value is -3.46. The fourth-order valence-electron chi connectivity index (χ4n) is 2.57. The fraction of sp³-hybridized carbons (Fsp3) is 0.136. The standard InChI is InChI=1S/C22H19BrFN3O4/c1-30-16-7-4-14(5-8-16)12-26-20(28)13-27-21(29)17-3-2-10-25-22(17)31-19-9-6-15(24)11-18(19)23/h2-11H,12-13H2,1H3,(H,26,28)(H,27,29). The Morgan fingerprint density at radius 1 is 1.10 bits per heavy atom. The summed E-state index contributed by atoms with van der Waals surface area (Å²) in [5.74, 6) is -0.251. The van der Waals surface area contributed by atoms with Gasteiger partial charge in [0.1, 0.15) is 22.9 Å². The van der Waals surface area contributed by atoms with Gasteiger partial charge in [-0.05, 0) is 64.0 Å². The lowest BCUT2D eigenvalue weighted by Gasteiger charge is -2.11. The average Bonchev–Trinajstić information content (AvgIpc) is 2.78. The van der Waals surface area contributed by atoms with Crippen molar-refractivity contribution in [3.63, 3.8) is 0 Å². The lowest BCUT2D eigenvalue weighted by Crippen LogP contribution is -2.36. The minimum absolute atomic E-state index is 0.0333. The van der Waals surface area contributed by atoms with Gasteiger partial charge in [0.2, 0.25) is 11.8 Å². The third-order valence-electron chi connectivity index (χ3n) is 4.17. The van der Waals surface area contributed by atoms with Crippen LogP contribution >= 0.6 is 15.9 Å².